The van der Waals surface area contributed by atoms with Gasteiger partial charge in [0.25, 0.3) is 0 Å². The molecule has 1 aromatic heterocycles. The zero-order valence-electron chi connectivity index (χ0n) is 21.7. The van der Waals surface area contributed by atoms with Crippen molar-refractivity contribution in [1.82, 2.24) is 15.4 Å². The van der Waals surface area contributed by atoms with Crippen LogP contribution in [0.5, 0.6) is 5.75 Å². The van der Waals surface area contributed by atoms with Crippen molar-refractivity contribution in [2.75, 3.05) is 17.2 Å². The van der Waals surface area contributed by atoms with Gasteiger partial charge in [-0.15, -0.1) is 0 Å². The molecule has 0 spiro atoms. The van der Waals surface area contributed by atoms with E-state index in [-0.39, 0.29) is 24.3 Å². The molecule has 1 aliphatic heterocycles. The highest BCUT2D eigenvalue weighted by molar-refractivity contribution is 9.10. The standard InChI is InChI=1S/C28H32BrN5O5/c1-3-20(11-12-26(36)34-39-27-10-5-6-13-37-27)38-24-16-22-21(15-23(24)33-25(35)4-2)28(31-17-30-22)32-19-9-7-8-18(29)14-19/h4,7-9,14-17,20,27H,2-3,5-6,10-13H2,1H3,(H,33,35)(H,34,36)(H,30,31,32). The predicted molar refractivity (Wildman–Crippen MR) is 153 cm³/mol. The summed E-state index contributed by atoms with van der Waals surface area (Å²) in [6, 6.07) is 11.2. The third-order valence-corrected chi connectivity index (χ3v) is 6.65. The zero-order valence-corrected chi connectivity index (χ0v) is 23.3. The molecule has 0 radical (unpaired) electrons. The number of fused-ring (bicyclic) bond motifs is 1. The molecule has 11 heteroatoms. The minimum Gasteiger partial charge on any atom is -0.488 e. The van der Waals surface area contributed by atoms with E-state index in [0.717, 1.165) is 29.4 Å². The number of hydrogen-bond acceptors (Lipinski definition) is 8. The second-order valence-electron chi connectivity index (χ2n) is 9.04. The SMILES string of the molecule is C=CC(=O)Nc1cc2c(Nc3cccc(Br)c3)ncnc2cc1OC(CC)CCC(=O)NOC1CCCCO1. The molecule has 2 atom stereocenters. The van der Waals surface area contributed by atoms with E-state index >= 15 is 0 Å². The summed E-state index contributed by atoms with van der Waals surface area (Å²) >= 11 is 3.48. The lowest BCUT2D eigenvalue weighted by Crippen LogP contribution is -2.33. The molecule has 206 valence electrons. The molecule has 4 rings (SSSR count). The van der Waals surface area contributed by atoms with E-state index in [1.807, 2.05) is 31.2 Å². The molecule has 0 bridgehead atoms. The molecule has 39 heavy (non-hydrogen) atoms. The summed E-state index contributed by atoms with van der Waals surface area (Å²) in [4.78, 5) is 38.8. The first-order valence-corrected chi connectivity index (χ1v) is 13.7. The first-order chi connectivity index (χ1) is 18.9. The molecule has 2 aromatic carbocycles. The Balaban J connectivity index is 1.50. The lowest BCUT2D eigenvalue weighted by atomic mass is 10.1. The number of carbonyl (C=O) groups excluding carboxylic acids is 2. The molecule has 2 heterocycles. The minimum absolute atomic E-state index is 0.204. The van der Waals surface area contributed by atoms with Crippen LogP contribution in [0.3, 0.4) is 0 Å². The average molecular weight is 598 g/mol. The molecule has 3 N–H and O–H groups in total. The normalized spacial score (nSPS) is 15.8. The van der Waals surface area contributed by atoms with Crippen LogP contribution < -0.4 is 20.9 Å². The van der Waals surface area contributed by atoms with Gasteiger partial charge in [0.05, 0.1) is 17.3 Å². The number of anilines is 3. The van der Waals surface area contributed by atoms with Crippen molar-refractivity contribution in [3.8, 4) is 5.75 Å². The molecular weight excluding hydrogens is 566 g/mol. The summed E-state index contributed by atoms with van der Waals surface area (Å²) in [7, 11) is 0. The largest absolute Gasteiger partial charge is 0.488 e. The summed E-state index contributed by atoms with van der Waals surface area (Å²) in [6.07, 6.45) is 6.02. The number of rotatable bonds is 12. The van der Waals surface area contributed by atoms with E-state index < -0.39 is 6.29 Å². The molecule has 2 amide bonds. The summed E-state index contributed by atoms with van der Waals surface area (Å²) in [5.41, 5.74) is 4.39. The lowest BCUT2D eigenvalue weighted by molar-refractivity contribution is -0.200. The van der Waals surface area contributed by atoms with Crippen LogP contribution in [0, 0.1) is 0 Å². The second kappa shape index (κ2) is 14.0. The van der Waals surface area contributed by atoms with Gasteiger partial charge in [0, 0.05) is 41.1 Å². The molecule has 3 aromatic rings. The van der Waals surface area contributed by atoms with E-state index in [9.17, 15) is 9.59 Å². The van der Waals surface area contributed by atoms with E-state index in [1.165, 1.54) is 12.4 Å². The van der Waals surface area contributed by atoms with Crippen LogP contribution in [0.2, 0.25) is 0 Å². The van der Waals surface area contributed by atoms with Gasteiger partial charge >= 0.3 is 0 Å². The Morgan fingerprint density at radius 3 is 2.87 bits per heavy atom. The third kappa shape index (κ3) is 8.22. The highest BCUT2D eigenvalue weighted by atomic mass is 79.9. The number of carbonyl (C=O) groups is 2. The number of hydroxylamine groups is 1. The number of benzene rings is 2. The van der Waals surface area contributed by atoms with Crippen molar-refractivity contribution in [1.29, 1.82) is 0 Å². The number of aromatic nitrogens is 2. The van der Waals surface area contributed by atoms with Gasteiger partial charge in [-0.2, -0.15) is 0 Å². The molecule has 2 unspecified atom stereocenters. The molecule has 1 fully saturated rings. The fraction of sp³-hybridized carbons (Fsp3) is 0.357. The smallest absolute Gasteiger partial charge is 0.247 e. The number of amides is 2. The van der Waals surface area contributed by atoms with E-state index in [4.69, 9.17) is 14.3 Å². The van der Waals surface area contributed by atoms with Crippen LogP contribution in [-0.2, 0) is 19.2 Å². The minimum atomic E-state index is -0.403. The summed E-state index contributed by atoms with van der Waals surface area (Å²) < 4.78 is 12.7. The Labute approximate surface area is 235 Å². The number of nitrogens with one attached hydrogen (secondary N) is 3. The summed E-state index contributed by atoms with van der Waals surface area (Å²) in [6.45, 7) is 6.15. The number of ether oxygens (including phenoxy) is 2. The maximum absolute atomic E-state index is 12.4. The molecule has 0 saturated carbocycles. The van der Waals surface area contributed by atoms with Crippen LogP contribution in [-0.4, -0.2) is 40.8 Å². The van der Waals surface area contributed by atoms with Crippen molar-refractivity contribution >= 4 is 55.8 Å². The van der Waals surface area contributed by atoms with Gasteiger partial charge in [0.2, 0.25) is 11.8 Å². The van der Waals surface area contributed by atoms with Gasteiger partial charge in [0.1, 0.15) is 17.9 Å². The molecular formula is C28H32BrN5O5. The predicted octanol–water partition coefficient (Wildman–Crippen LogP) is 5.77. The number of halogens is 1. The topological polar surface area (TPSA) is 124 Å². The molecule has 1 saturated heterocycles. The molecule has 0 aliphatic carbocycles. The second-order valence-corrected chi connectivity index (χ2v) is 9.96. The highest BCUT2D eigenvalue weighted by Crippen LogP contribution is 2.35. The summed E-state index contributed by atoms with van der Waals surface area (Å²) in [5, 5.41) is 6.81. The first-order valence-electron chi connectivity index (χ1n) is 12.9. The van der Waals surface area contributed by atoms with Crippen molar-refractivity contribution < 1.29 is 23.9 Å². The molecule has 1 aliphatic rings. The number of nitrogens with zero attached hydrogens (tertiary/aromatic N) is 2. The van der Waals surface area contributed by atoms with Crippen LogP contribution in [0.1, 0.15) is 45.4 Å². The Morgan fingerprint density at radius 1 is 1.26 bits per heavy atom. The fourth-order valence-corrected chi connectivity index (χ4v) is 4.47. The third-order valence-electron chi connectivity index (χ3n) is 6.15. The van der Waals surface area contributed by atoms with Gasteiger partial charge < -0.3 is 20.1 Å². The van der Waals surface area contributed by atoms with Gasteiger partial charge in [-0.25, -0.2) is 20.3 Å². The van der Waals surface area contributed by atoms with Crippen LogP contribution >= 0.6 is 15.9 Å². The monoisotopic (exact) mass is 597 g/mol. The van der Waals surface area contributed by atoms with Crippen molar-refractivity contribution in [2.45, 2.75) is 57.8 Å². The average Bonchev–Trinajstić information content (AvgIpc) is 2.95. The highest BCUT2D eigenvalue weighted by Gasteiger charge is 2.19. The van der Waals surface area contributed by atoms with E-state index in [1.54, 1.807) is 12.1 Å². The Kier molecular flexibility index (Phi) is 10.2. The van der Waals surface area contributed by atoms with Crippen LogP contribution in [0.15, 0.2) is 59.9 Å². The van der Waals surface area contributed by atoms with Crippen LogP contribution in [0.4, 0.5) is 17.2 Å². The van der Waals surface area contributed by atoms with Crippen molar-refractivity contribution in [3.63, 3.8) is 0 Å². The number of hydrogen-bond donors (Lipinski definition) is 3. The van der Waals surface area contributed by atoms with E-state index in [2.05, 4.69) is 48.6 Å². The zero-order chi connectivity index (χ0) is 27.6. The van der Waals surface area contributed by atoms with Gasteiger partial charge in [-0.1, -0.05) is 35.5 Å². The first kappa shape index (κ1) is 28.5. The van der Waals surface area contributed by atoms with E-state index in [0.29, 0.717) is 47.6 Å². The van der Waals surface area contributed by atoms with Gasteiger partial charge in [-0.3, -0.25) is 9.59 Å². The molecule has 10 nitrogen and oxygen atoms in total. The Morgan fingerprint density at radius 2 is 2.13 bits per heavy atom. The van der Waals surface area contributed by atoms with Crippen molar-refractivity contribution in [3.05, 3.63) is 59.9 Å². The Bertz CT molecular complexity index is 1310. The Hall–Kier alpha value is -3.54. The summed E-state index contributed by atoms with van der Waals surface area (Å²) in [5.74, 6) is 0.376. The van der Waals surface area contributed by atoms with Crippen molar-refractivity contribution in [2.24, 2.45) is 0 Å². The maximum Gasteiger partial charge on any atom is 0.247 e. The van der Waals surface area contributed by atoms with Crippen LogP contribution in [0.25, 0.3) is 10.9 Å². The van der Waals surface area contributed by atoms with Gasteiger partial charge in [0.15, 0.2) is 6.29 Å². The lowest BCUT2D eigenvalue weighted by Gasteiger charge is -2.23. The maximum atomic E-state index is 12.4. The fourth-order valence-electron chi connectivity index (χ4n) is 4.07. The quantitative estimate of drug-likeness (QED) is 0.177. The van der Waals surface area contributed by atoms with Gasteiger partial charge in [-0.05, 0) is 56.0 Å².